The van der Waals surface area contributed by atoms with Gasteiger partial charge in [-0.2, -0.15) is 0 Å². The lowest BCUT2D eigenvalue weighted by Gasteiger charge is -2.28. The first-order valence-corrected chi connectivity index (χ1v) is 7.27. The molecule has 0 radical (unpaired) electrons. The minimum absolute atomic E-state index is 0. The van der Waals surface area contributed by atoms with Crippen molar-refractivity contribution < 1.29 is 14.3 Å². The largest absolute Gasteiger partial charge is 0.469 e. The van der Waals surface area contributed by atoms with Crippen LogP contribution in [-0.4, -0.2) is 37.6 Å². The Bertz CT molecular complexity index is 326. The Balaban J connectivity index is 0.00000200. The first-order valence-electron chi connectivity index (χ1n) is 7.27. The number of hydrogen-bond acceptors (Lipinski definition) is 4. The van der Waals surface area contributed by atoms with Gasteiger partial charge >= 0.3 is 5.97 Å². The van der Waals surface area contributed by atoms with Gasteiger partial charge in [0.05, 0.1) is 7.11 Å². The van der Waals surface area contributed by atoms with Crippen LogP contribution in [0.3, 0.4) is 0 Å². The Kier molecular flexibility index (Phi) is 7.30. The molecule has 1 amide bonds. The highest BCUT2D eigenvalue weighted by Gasteiger charge is 2.33. The number of piperidine rings is 1. The molecule has 2 fully saturated rings. The molecule has 2 aliphatic heterocycles. The third kappa shape index (κ3) is 5.29. The van der Waals surface area contributed by atoms with Gasteiger partial charge in [-0.05, 0) is 38.0 Å². The first kappa shape index (κ1) is 17.2. The Morgan fingerprint density at radius 3 is 2.50 bits per heavy atom. The zero-order valence-electron chi connectivity index (χ0n) is 12.0. The van der Waals surface area contributed by atoms with Crippen LogP contribution >= 0.6 is 12.4 Å². The number of hydrogen-bond donors (Lipinski definition) is 2. The number of ether oxygens (including phenoxy) is 1. The molecule has 2 N–H and O–H groups in total. The van der Waals surface area contributed by atoms with Crippen molar-refractivity contribution in [2.75, 3.05) is 13.7 Å². The van der Waals surface area contributed by atoms with Gasteiger partial charge in [0.1, 0.15) is 0 Å². The molecule has 0 aliphatic carbocycles. The molecule has 0 aromatic heterocycles. The number of methoxy groups -OCH3 is 1. The fourth-order valence-corrected chi connectivity index (χ4v) is 3.24. The number of nitrogens with one attached hydrogen (secondary N) is 2. The number of fused-ring (bicyclic) bond motifs is 2. The maximum atomic E-state index is 11.8. The van der Waals surface area contributed by atoms with Crippen LogP contribution in [0.25, 0.3) is 0 Å². The molecule has 2 saturated heterocycles. The lowest BCUT2D eigenvalue weighted by molar-refractivity contribution is -0.140. The number of carbonyl (C=O) groups excluding carboxylic acids is 2. The van der Waals surface area contributed by atoms with Gasteiger partial charge in [-0.15, -0.1) is 12.4 Å². The zero-order valence-corrected chi connectivity index (χ0v) is 12.8. The summed E-state index contributed by atoms with van der Waals surface area (Å²) in [5.41, 5.74) is 0. The van der Waals surface area contributed by atoms with Gasteiger partial charge in [0, 0.05) is 31.5 Å². The molecule has 6 heteroatoms. The third-order valence-electron chi connectivity index (χ3n) is 4.15. The highest BCUT2D eigenvalue weighted by molar-refractivity contribution is 5.85. The van der Waals surface area contributed by atoms with Crippen molar-refractivity contribution in [1.29, 1.82) is 0 Å². The second-order valence-electron chi connectivity index (χ2n) is 5.71. The summed E-state index contributed by atoms with van der Waals surface area (Å²) < 4.78 is 4.55. The molecule has 20 heavy (non-hydrogen) atoms. The SMILES string of the molecule is COC(=O)CCCNC(=O)CC1CC2CCC(C1)N2.Cl. The Labute approximate surface area is 126 Å². The van der Waals surface area contributed by atoms with E-state index in [9.17, 15) is 9.59 Å². The van der Waals surface area contributed by atoms with Crippen LogP contribution in [0.4, 0.5) is 0 Å². The summed E-state index contributed by atoms with van der Waals surface area (Å²) in [5, 5.41) is 6.47. The first-order chi connectivity index (χ1) is 9.17. The van der Waals surface area contributed by atoms with Crippen molar-refractivity contribution in [1.82, 2.24) is 10.6 Å². The fourth-order valence-electron chi connectivity index (χ4n) is 3.24. The molecule has 2 heterocycles. The number of rotatable bonds is 6. The van der Waals surface area contributed by atoms with E-state index >= 15 is 0 Å². The molecule has 2 bridgehead atoms. The van der Waals surface area contributed by atoms with Crippen molar-refractivity contribution in [3.05, 3.63) is 0 Å². The molecule has 0 aromatic carbocycles. The monoisotopic (exact) mass is 304 g/mol. The summed E-state index contributed by atoms with van der Waals surface area (Å²) in [6.07, 6.45) is 6.44. The average Bonchev–Trinajstić information content (AvgIpc) is 2.73. The van der Waals surface area contributed by atoms with Crippen LogP contribution in [-0.2, 0) is 14.3 Å². The van der Waals surface area contributed by atoms with E-state index in [0.717, 1.165) is 12.8 Å². The van der Waals surface area contributed by atoms with Crippen LogP contribution < -0.4 is 10.6 Å². The van der Waals surface area contributed by atoms with E-state index in [1.165, 1.54) is 20.0 Å². The summed E-state index contributed by atoms with van der Waals surface area (Å²) in [5.74, 6) is 0.430. The summed E-state index contributed by atoms with van der Waals surface area (Å²) in [6, 6.07) is 1.27. The van der Waals surface area contributed by atoms with Crippen LogP contribution in [0.2, 0.25) is 0 Å². The van der Waals surface area contributed by atoms with E-state index in [2.05, 4.69) is 15.4 Å². The molecule has 5 nitrogen and oxygen atoms in total. The standard InChI is InChI=1S/C14H24N2O3.ClH/c1-19-14(18)3-2-6-15-13(17)9-10-7-11-4-5-12(8-10)16-11;/h10-12,16H,2-9H2,1H3,(H,15,17);1H. The Morgan fingerprint density at radius 2 is 1.90 bits per heavy atom. The highest BCUT2D eigenvalue weighted by Crippen LogP contribution is 2.32. The van der Waals surface area contributed by atoms with Gasteiger partial charge in [0.25, 0.3) is 0 Å². The number of halogens is 1. The van der Waals surface area contributed by atoms with Crippen molar-refractivity contribution in [2.45, 2.75) is 57.0 Å². The lowest BCUT2D eigenvalue weighted by Crippen LogP contribution is -2.39. The quantitative estimate of drug-likeness (QED) is 0.575. The smallest absolute Gasteiger partial charge is 0.305 e. The van der Waals surface area contributed by atoms with Crippen molar-refractivity contribution in [3.63, 3.8) is 0 Å². The van der Waals surface area contributed by atoms with E-state index < -0.39 is 0 Å². The maximum absolute atomic E-state index is 11.8. The van der Waals surface area contributed by atoms with E-state index in [-0.39, 0.29) is 24.3 Å². The molecule has 2 atom stereocenters. The molecular formula is C14H25ClN2O3. The Hall–Kier alpha value is -0.810. The predicted octanol–water partition coefficient (Wildman–Crippen LogP) is 1.40. The van der Waals surface area contributed by atoms with Gasteiger partial charge in [-0.1, -0.05) is 0 Å². The molecule has 0 spiro atoms. The van der Waals surface area contributed by atoms with Gasteiger partial charge < -0.3 is 15.4 Å². The average molecular weight is 305 g/mol. The van der Waals surface area contributed by atoms with Crippen molar-refractivity contribution >= 4 is 24.3 Å². The van der Waals surface area contributed by atoms with Gasteiger partial charge in [0.2, 0.25) is 5.91 Å². The summed E-state index contributed by atoms with van der Waals surface area (Å²) in [7, 11) is 1.38. The highest BCUT2D eigenvalue weighted by atomic mass is 35.5. The Morgan fingerprint density at radius 1 is 1.25 bits per heavy atom. The molecule has 2 aliphatic rings. The van der Waals surface area contributed by atoms with Gasteiger partial charge in [-0.3, -0.25) is 9.59 Å². The zero-order chi connectivity index (χ0) is 13.7. The molecular weight excluding hydrogens is 280 g/mol. The molecule has 0 saturated carbocycles. The lowest BCUT2D eigenvalue weighted by atomic mass is 9.89. The van der Waals surface area contributed by atoms with Gasteiger partial charge in [-0.25, -0.2) is 0 Å². The van der Waals surface area contributed by atoms with Crippen LogP contribution in [0.5, 0.6) is 0 Å². The second-order valence-corrected chi connectivity index (χ2v) is 5.71. The topological polar surface area (TPSA) is 67.4 Å². The van der Waals surface area contributed by atoms with Crippen LogP contribution in [0.1, 0.15) is 44.9 Å². The van der Waals surface area contributed by atoms with E-state index in [1.807, 2.05) is 0 Å². The summed E-state index contributed by atoms with van der Waals surface area (Å²) in [6.45, 7) is 0.561. The van der Waals surface area contributed by atoms with Gasteiger partial charge in [0.15, 0.2) is 0 Å². The van der Waals surface area contributed by atoms with Crippen LogP contribution in [0, 0.1) is 5.92 Å². The molecule has 2 unspecified atom stereocenters. The van der Waals surface area contributed by atoms with E-state index in [0.29, 0.717) is 43.8 Å². The fraction of sp³-hybridized carbons (Fsp3) is 0.857. The summed E-state index contributed by atoms with van der Waals surface area (Å²) in [4.78, 5) is 22.7. The summed E-state index contributed by atoms with van der Waals surface area (Å²) >= 11 is 0. The normalized spacial score (nSPS) is 27.6. The minimum Gasteiger partial charge on any atom is -0.469 e. The van der Waals surface area contributed by atoms with Crippen molar-refractivity contribution in [3.8, 4) is 0 Å². The van der Waals surface area contributed by atoms with Crippen LogP contribution in [0.15, 0.2) is 0 Å². The number of carbonyl (C=O) groups is 2. The molecule has 0 aromatic rings. The minimum atomic E-state index is -0.218. The molecule has 116 valence electrons. The second kappa shape index (κ2) is 8.47. The predicted molar refractivity (Wildman–Crippen MR) is 78.8 cm³/mol. The van der Waals surface area contributed by atoms with E-state index in [1.54, 1.807) is 0 Å². The number of amides is 1. The van der Waals surface area contributed by atoms with Crippen molar-refractivity contribution in [2.24, 2.45) is 5.92 Å². The maximum Gasteiger partial charge on any atom is 0.305 e. The third-order valence-corrected chi connectivity index (χ3v) is 4.15. The van der Waals surface area contributed by atoms with E-state index in [4.69, 9.17) is 0 Å². The number of esters is 1. The molecule has 2 rings (SSSR count).